The van der Waals surface area contributed by atoms with Crippen LogP contribution in [-0.4, -0.2) is 9.91 Å². The number of non-ortho nitro benzene ring substituents is 1. The molecule has 0 aliphatic rings. The van der Waals surface area contributed by atoms with Gasteiger partial charge in [-0.2, -0.15) is 0 Å². The maximum atomic E-state index is 11.0. The van der Waals surface area contributed by atoms with E-state index in [-0.39, 0.29) is 16.6 Å². The molecule has 0 bridgehead atoms. The Hall–Kier alpha value is -1.88. The Labute approximate surface area is 115 Å². The molecule has 0 spiro atoms. The number of nitro groups is 1. The van der Waals surface area contributed by atoms with E-state index in [9.17, 15) is 10.1 Å². The topological polar surface area (TPSA) is 82.0 Å². The van der Waals surface area contributed by atoms with Crippen LogP contribution in [0.5, 0.6) is 0 Å². The fraction of sp³-hybridized carbons (Fsp3) is 0.308. The maximum Gasteiger partial charge on any atom is 0.295 e. The van der Waals surface area contributed by atoms with Gasteiger partial charge in [-0.15, -0.1) is 0 Å². The third-order valence-electron chi connectivity index (χ3n) is 2.94. The number of aromatic nitrogens is 1. The Kier molecular flexibility index (Phi) is 3.10. The van der Waals surface area contributed by atoms with Crippen LogP contribution >= 0.6 is 11.6 Å². The summed E-state index contributed by atoms with van der Waals surface area (Å²) in [5.41, 5.74) is 6.66. The predicted octanol–water partition coefficient (Wildman–Crippen LogP) is 3.68. The molecule has 0 atom stereocenters. The molecule has 2 rings (SSSR count). The summed E-state index contributed by atoms with van der Waals surface area (Å²) in [5.74, 6) is 0.297. The first-order valence-corrected chi connectivity index (χ1v) is 6.13. The van der Waals surface area contributed by atoms with E-state index in [1.807, 2.05) is 20.8 Å². The molecule has 0 radical (unpaired) electrons. The molecule has 6 heteroatoms. The number of nitrogens with zero attached hydrogens (tertiary/aromatic N) is 2. The summed E-state index contributed by atoms with van der Waals surface area (Å²) in [6.45, 7) is 5.99. The number of hydrogen-bond donors (Lipinski definition) is 1. The summed E-state index contributed by atoms with van der Waals surface area (Å²) in [5, 5.41) is 12.0. The van der Waals surface area contributed by atoms with Crippen LogP contribution in [0.2, 0.25) is 5.02 Å². The molecule has 1 aromatic carbocycles. The quantitative estimate of drug-likeness (QED) is 0.638. The number of nitrogens with two attached hydrogens (primary N) is 1. The van der Waals surface area contributed by atoms with Crippen molar-refractivity contribution in [1.29, 1.82) is 0 Å². The summed E-state index contributed by atoms with van der Waals surface area (Å²) in [6, 6.07) is 4.63. The van der Waals surface area contributed by atoms with Crippen molar-refractivity contribution >= 4 is 34.0 Å². The molecule has 2 aromatic rings. The molecule has 1 aromatic heterocycles. The largest absolute Gasteiger partial charge is 0.383 e. The number of nitrogen functional groups attached to an aromatic ring is 1. The molecule has 19 heavy (non-hydrogen) atoms. The number of hydrogen-bond acceptors (Lipinski definition) is 4. The molecular weight excluding hydrogens is 266 g/mol. The SMILES string of the molecule is CC(C)(C)c1cc2c(Cl)ccc([N+](=O)[O-])c2nc1N. The van der Waals surface area contributed by atoms with E-state index in [0.29, 0.717) is 16.2 Å². The van der Waals surface area contributed by atoms with E-state index in [4.69, 9.17) is 17.3 Å². The monoisotopic (exact) mass is 279 g/mol. The molecule has 0 saturated carbocycles. The summed E-state index contributed by atoms with van der Waals surface area (Å²) < 4.78 is 0. The highest BCUT2D eigenvalue weighted by atomic mass is 35.5. The van der Waals surface area contributed by atoms with Crippen molar-refractivity contribution in [2.45, 2.75) is 26.2 Å². The standard InChI is InChI=1S/C13H14ClN3O2/c1-13(2,3)8-6-7-9(14)4-5-10(17(18)19)11(7)16-12(8)15/h4-6H,1-3H3,(H2,15,16). The highest BCUT2D eigenvalue weighted by Gasteiger charge is 2.22. The molecule has 1 heterocycles. The van der Waals surface area contributed by atoms with Gasteiger partial charge in [0.25, 0.3) is 5.69 Å². The van der Waals surface area contributed by atoms with Gasteiger partial charge in [0, 0.05) is 17.0 Å². The van der Waals surface area contributed by atoms with Crippen molar-refractivity contribution in [2.75, 3.05) is 5.73 Å². The Bertz CT molecular complexity index is 678. The lowest BCUT2D eigenvalue weighted by molar-refractivity contribution is -0.383. The zero-order valence-electron chi connectivity index (χ0n) is 10.9. The Balaban J connectivity index is 2.88. The lowest BCUT2D eigenvalue weighted by atomic mass is 9.86. The van der Waals surface area contributed by atoms with Gasteiger partial charge in [0.1, 0.15) is 5.82 Å². The number of nitro benzene ring substituents is 1. The van der Waals surface area contributed by atoms with E-state index in [1.165, 1.54) is 12.1 Å². The van der Waals surface area contributed by atoms with Crippen LogP contribution in [0.3, 0.4) is 0 Å². The first-order valence-electron chi connectivity index (χ1n) is 5.75. The van der Waals surface area contributed by atoms with Crippen LogP contribution < -0.4 is 5.73 Å². The van der Waals surface area contributed by atoms with E-state index in [0.717, 1.165) is 5.56 Å². The second-order valence-electron chi connectivity index (χ2n) is 5.39. The van der Waals surface area contributed by atoms with Crippen molar-refractivity contribution in [1.82, 2.24) is 4.98 Å². The molecule has 0 unspecified atom stereocenters. The van der Waals surface area contributed by atoms with Crippen molar-refractivity contribution in [3.05, 3.63) is 38.9 Å². The van der Waals surface area contributed by atoms with E-state index in [1.54, 1.807) is 6.07 Å². The minimum atomic E-state index is -0.484. The number of pyridine rings is 1. The van der Waals surface area contributed by atoms with E-state index >= 15 is 0 Å². The van der Waals surface area contributed by atoms with Gasteiger partial charge in [0.2, 0.25) is 0 Å². The zero-order valence-corrected chi connectivity index (χ0v) is 11.7. The average molecular weight is 280 g/mol. The third-order valence-corrected chi connectivity index (χ3v) is 3.27. The first kappa shape index (κ1) is 13.5. The van der Waals surface area contributed by atoms with Crippen LogP contribution in [0, 0.1) is 10.1 Å². The summed E-state index contributed by atoms with van der Waals surface area (Å²) in [4.78, 5) is 14.7. The highest BCUT2D eigenvalue weighted by molar-refractivity contribution is 6.35. The highest BCUT2D eigenvalue weighted by Crippen LogP contribution is 2.35. The molecule has 0 aliphatic carbocycles. The summed E-state index contributed by atoms with van der Waals surface area (Å²) >= 11 is 6.10. The molecule has 0 fully saturated rings. The predicted molar refractivity (Wildman–Crippen MR) is 76.5 cm³/mol. The fourth-order valence-corrected chi connectivity index (χ4v) is 2.18. The van der Waals surface area contributed by atoms with Crippen LogP contribution in [-0.2, 0) is 5.41 Å². The van der Waals surface area contributed by atoms with Gasteiger partial charge >= 0.3 is 0 Å². The number of halogens is 1. The second-order valence-corrected chi connectivity index (χ2v) is 5.80. The van der Waals surface area contributed by atoms with Gasteiger partial charge in [-0.1, -0.05) is 32.4 Å². The number of benzene rings is 1. The lowest BCUT2D eigenvalue weighted by Crippen LogP contribution is -2.15. The lowest BCUT2D eigenvalue weighted by Gasteiger charge is -2.21. The van der Waals surface area contributed by atoms with Gasteiger partial charge in [0.05, 0.1) is 9.95 Å². The molecule has 0 amide bonds. The molecule has 2 N–H and O–H groups in total. The Morgan fingerprint density at radius 2 is 2.00 bits per heavy atom. The molecule has 100 valence electrons. The summed E-state index contributed by atoms with van der Waals surface area (Å²) in [7, 11) is 0. The number of anilines is 1. The Morgan fingerprint density at radius 1 is 1.37 bits per heavy atom. The maximum absolute atomic E-state index is 11.0. The van der Waals surface area contributed by atoms with Crippen molar-refractivity contribution in [2.24, 2.45) is 0 Å². The van der Waals surface area contributed by atoms with E-state index < -0.39 is 4.92 Å². The minimum absolute atomic E-state index is 0.0911. The third kappa shape index (κ3) is 2.33. The number of fused-ring (bicyclic) bond motifs is 1. The van der Waals surface area contributed by atoms with Crippen LogP contribution in [0.4, 0.5) is 11.5 Å². The Morgan fingerprint density at radius 3 is 2.53 bits per heavy atom. The van der Waals surface area contributed by atoms with Gasteiger partial charge in [-0.25, -0.2) is 4.98 Å². The van der Waals surface area contributed by atoms with Crippen LogP contribution in [0.25, 0.3) is 10.9 Å². The normalized spacial score (nSPS) is 11.8. The minimum Gasteiger partial charge on any atom is -0.383 e. The molecule has 0 aliphatic heterocycles. The average Bonchev–Trinajstić information content (AvgIpc) is 2.26. The van der Waals surface area contributed by atoms with Crippen molar-refractivity contribution in [3.63, 3.8) is 0 Å². The number of rotatable bonds is 1. The van der Waals surface area contributed by atoms with Gasteiger partial charge in [-0.05, 0) is 17.5 Å². The van der Waals surface area contributed by atoms with Crippen LogP contribution in [0.1, 0.15) is 26.3 Å². The smallest absolute Gasteiger partial charge is 0.295 e. The molecular formula is C13H14ClN3O2. The first-order chi connectivity index (χ1) is 8.71. The van der Waals surface area contributed by atoms with Gasteiger partial charge in [-0.3, -0.25) is 10.1 Å². The van der Waals surface area contributed by atoms with Gasteiger partial charge in [0.15, 0.2) is 5.52 Å². The summed E-state index contributed by atoms with van der Waals surface area (Å²) in [6.07, 6.45) is 0. The zero-order chi connectivity index (χ0) is 14.4. The van der Waals surface area contributed by atoms with Crippen molar-refractivity contribution in [3.8, 4) is 0 Å². The van der Waals surface area contributed by atoms with Gasteiger partial charge < -0.3 is 5.73 Å². The molecule has 0 saturated heterocycles. The van der Waals surface area contributed by atoms with Crippen molar-refractivity contribution < 1.29 is 4.92 Å². The second kappa shape index (κ2) is 4.35. The van der Waals surface area contributed by atoms with Crippen LogP contribution in [0.15, 0.2) is 18.2 Å². The molecule has 5 nitrogen and oxygen atoms in total. The fourth-order valence-electron chi connectivity index (χ4n) is 1.97. The van der Waals surface area contributed by atoms with E-state index in [2.05, 4.69) is 4.98 Å².